The Morgan fingerprint density at radius 3 is 2.95 bits per heavy atom. The smallest absolute Gasteiger partial charge is 0.237 e. The second kappa shape index (κ2) is 6.54. The van der Waals surface area contributed by atoms with Gasteiger partial charge in [-0.25, -0.2) is 4.98 Å². The van der Waals surface area contributed by atoms with E-state index in [0.29, 0.717) is 5.88 Å². The number of ether oxygens (including phenoxy) is 1. The highest BCUT2D eigenvalue weighted by Gasteiger charge is 2.24. The molecule has 2 heterocycles. The van der Waals surface area contributed by atoms with Crippen LogP contribution in [0.5, 0.6) is 5.88 Å². The van der Waals surface area contributed by atoms with E-state index in [1.54, 1.807) is 19.5 Å². The SMILES string of the molecule is CCCNC(c1cc2c(s1)CCC2)c1nccnc1OC. The van der Waals surface area contributed by atoms with Crippen LogP contribution in [-0.2, 0) is 12.8 Å². The van der Waals surface area contributed by atoms with Crippen LogP contribution in [0.1, 0.15) is 46.8 Å². The summed E-state index contributed by atoms with van der Waals surface area (Å²) in [5, 5.41) is 3.59. The van der Waals surface area contributed by atoms with Gasteiger partial charge in [0.2, 0.25) is 5.88 Å². The number of methoxy groups -OCH3 is 1. The van der Waals surface area contributed by atoms with Gasteiger partial charge in [0.1, 0.15) is 5.69 Å². The third kappa shape index (κ3) is 2.94. The molecule has 0 saturated carbocycles. The summed E-state index contributed by atoms with van der Waals surface area (Å²) >= 11 is 1.91. The van der Waals surface area contributed by atoms with Crippen molar-refractivity contribution < 1.29 is 4.74 Å². The van der Waals surface area contributed by atoms with Crippen LogP contribution in [-0.4, -0.2) is 23.6 Å². The zero-order valence-electron chi connectivity index (χ0n) is 12.6. The van der Waals surface area contributed by atoms with Gasteiger partial charge in [-0.2, -0.15) is 0 Å². The van der Waals surface area contributed by atoms with Gasteiger partial charge in [-0.3, -0.25) is 4.98 Å². The minimum Gasteiger partial charge on any atom is -0.480 e. The molecule has 1 aliphatic carbocycles. The molecule has 21 heavy (non-hydrogen) atoms. The molecule has 0 bridgehead atoms. The molecular formula is C16H21N3OS. The van der Waals surface area contributed by atoms with E-state index in [2.05, 4.69) is 28.3 Å². The van der Waals surface area contributed by atoms with E-state index in [9.17, 15) is 0 Å². The third-order valence-electron chi connectivity index (χ3n) is 3.81. The highest BCUT2D eigenvalue weighted by Crippen LogP contribution is 2.37. The number of nitrogens with zero attached hydrogens (tertiary/aromatic N) is 2. The standard InChI is InChI=1S/C16H21N3OS/c1-3-7-17-14(15-16(20-2)19-9-8-18-15)13-10-11-5-4-6-12(11)21-13/h8-10,14,17H,3-7H2,1-2H3. The van der Waals surface area contributed by atoms with Crippen molar-refractivity contribution in [2.45, 2.75) is 38.6 Å². The first-order valence-corrected chi connectivity index (χ1v) is 8.35. The third-order valence-corrected chi connectivity index (χ3v) is 5.11. The number of aromatic nitrogens is 2. The Bertz CT molecular complexity index is 590. The Hall–Kier alpha value is -1.46. The minimum atomic E-state index is 0.0733. The molecule has 0 aliphatic heterocycles. The average Bonchev–Trinajstić information content (AvgIpc) is 3.09. The normalized spacial score (nSPS) is 15.0. The molecule has 0 spiro atoms. The zero-order valence-corrected chi connectivity index (χ0v) is 13.4. The predicted molar refractivity (Wildman–Crippen MR) is 85.1 cm³/mol. The number of fused-ring (bicyclic) bond motifs is 1. The van der Waals surface area contributed by atoms with E-state index in [0.717, 1.165) is 18.7 Å². The van der Waals surface area contributed by atoms with Crippen molar-refractivity contribution in [1.29, 1.82) is 0 Å². The van der Waals surface area contributed by atoms with Crippen molar-refractivity contribution in [3.8, 4) is 5.88 Å². The molecule has 0 radical (unpaired) electrons. The van der Waals surface area contributed by atoms with Crippen molar-refractivity contribution in [3.63, 3.8) is 0 Å². The van der Waals surface area contributed by atoms with Crippen molar-refractivity contribution in [3.05, 3.63) is 39.5 Å². The molecule has 0 fully saturated rings. The fourth-order valence-electron chi connectivity index (χ4n) is 2.81. The maximum atomic E-state index is 5.40. The number of nitrogens with one attached hydrogen (secondary N) is 1. The number of thiophene rings is 1. The first-order valence-electron chi connectivity index (χ1n) is 7.53. The molecule has 112 valence electrons. The van der Waals surface area contributed by atoms with Crippen LogP contribution in [0.15, 0.2) is 18.5 Å². The Morgan fingerprint density at radius 1 is 1.33 bits per heavy atom. The summed E-state index contributed by atoms with van der Waals surface area (Å²) in [4.78, 5) is 11.7. The number of aryl methyl sites for hydroxylation is 2. The summed E-state index contributed by atoms with van der Waals surface area (Å²) in [6, 6.07) is 2.42. The van der Waals surface area contributed by atoms with Crippen molar-refractivity contribution in [2.75, 3.05) is 13.7 Å². The number of hydrogen-bond acceptors (Lipinski definition) is 5. The van der Waals surface area contributed by atoms with Gasteiger partial charge in [-0.05, 0) is 43.9 Å². The largest absolute Gasteiger partial charge is 0.480 e. The quantitative estimate of drug-likeness (QED) is 0.890. The maximum Gasteiger partial charge on any atom is 0.237 e. The van der Waals surface area contributed by atoms with Gasteiger partial charge in [-0.1, -0.05) is 6.92 Å². The van der Waals surface area contributed by atoms with Gasteiger partial charge in [0.05, 0.1) is 13.2 Å². The summed E-state index contributed by atoms with van der Waals surface area (Å²) in [6.45, 7) is 3.12. The van der Waals surface area contributed by atoms with E-state index in [1.807, 2.05) is 11.3 Å². The summed E-state index contributed by atoms with van der Waals surface area (Å²) in [5.41, 5.74) is 2.40. The van der Waals surface area contributed by atoms with Gasteiger partial charge >= 0.3 is 0 Å². The molecule has 0 amide bonds. The van der Waals surface area contributed by atoms with E-state index in [-0.39, 0.29) is 6.04 Å². The second-order valence-corrected chi connectivity index (χ2v) is 6.46. The topological polar surface area (TPSA) is 47.0 Å². The zero-order chi connectivity index (χ0) is 14.7. The number of rotatable bonds is 6. The van der Waals surface area contributed by atoms with E-state index in [1.165, 1.54) is 34.6 Å². The molecule has 0 aromatic carbocycles. The molecular weight excluding hydrogens is 282 g/mol. The molecule has 3 rings (SSSR count). The van der Waals surface area contributed by atoms with Crippen LogP contribution in [0.25, 0.3) is 0 Å². The fraction of sp³-hybridized carbons (Fsp3) is 0.500. The van der Waals surface area contributed by atoms with Crippen LogP contribution in [0, 0.1) is 0 Å². The first kappa shape index (κ1) is 14.5. The van der Waals surface area contributed by atoms with E-state index < -0.39 is 0 Å². The monoisotopic (exact) mass is 303 g/mol. The summed E-state index contributed by atoms with van der Waals surface area (Å²) in [7, 11) is 1.65. The number of hydrogen-bond donors (Lipinski definition) is 1. The van der Waals surface area contributed by atoms with Gasteiger partial charge < -0.3 is 10.1 Å². The van der Waals surface area contributed by atoms with Crippen molar-refractivity contribution in [1.82, 2.24) is 15.3 Å². The highest BCUT2D eigenvalue weighted by molar-refractivity contribution is 7.12. The maximum absolute atomic E-state index is 5.40. The minimum absolute atomic E-state index is 0.0733. The van der Waals surface area contributed by atoms with Crippen molar-refractivity contribution in [2.24, 2.45) is 0 Å². The van der Waals surface area contributed by atoms with Gasteiger partial charge in [-0.15, -0.1) is 11.3 Å². The van der Waals surface area contributed by atoms with E-state index >= 15 is 0 Å². The van der Waals surface area contributed by atoms with Gasteiger partial charge in [0, 0.05) is 22.1 Å². The lowest BCUT2D eigenvalue weighted by Crippen LogP contribution is -2.24. The summed E-state index contributed by atoms with van der Waals surface area (Å²) in [6.07, 6.45) is 8.22. The second-order valence-electron chi connectivity index (χ2n) is 5.29. The molecule has 2 aromatic heterocycles. The highest BCUT2D eigenvalue weighted by atomic mass is 32.1. The summed E-state index contributed by atoms with van der Waals surface area (Å²) < 4.78 is 5.40. The Balaban J connectivity index is 1.96. The van der Waals surface area contributed by atoms with Crippen LogP contribution in [0.4, 0.5) is 0 Å². The lowest BCUT2D eigenvalue weighted by Gasteiger charge is -2.18. The predicted octanol–water partition coefficient (Wildman–Crippen LogP) is 3.12. The Kier molecular flexibility index (Phi) is 4.51. The van der Waals surface area contributed by atoms with Gasteiger partial charge in [0.25, 0.3) is 0 Å². The molecule has 0 saturated heterocycles. The van der Waals surface area contributed by atoms with Gasteiger partial charge in [0.15, 0.2) is 0 Å². The Labute approximate surface area is 129 Å². The Morgan fingerprint density at radius 2 is 2.19 bits per heavy atom. The molecule has 1 unspecified atom stereocenters. The molecule has 5 heteroatoms. The average molecular weight is 303 g/mol. The summed E-state index contributed by atoms with van der Waals surface area (Å²) in [5.74, 6) is 0.611. The molecule has 1 aliphatic rings. The molecule has 4 nitrogen and oxygen atoms in total. The molecule has 1 atom stereocenters. The first-order chi connectivity index (χ1) is 10.3. The van der Waals surface area contributed by atoms with Crippen LogP contribution in [0.3, 0.4) is 0 Å². The van der Waals surface area contributed by atoms with E-state index in [4.69, 9.17) is 4.74 Å². The molecule has 1 N–H and O–H groups in total. The lowest BCUT2D eigenvalue weighted by molar-refractivity contribution is 0.383. The van der Waals surface area contributed by atoms with Crippen molar-refractivity contribution >= 4 is 11.3 Å². The van der Waals surface area contributed by atoms with Crippen LogP contribution >= 0.6 is 11.3 Å². The lowest BCUT2D eigenvalue weighted by atomic mass is 10.1. The van der Waals surface area contributed by atoms with Crippen LogP contribution in [0.2, 0.25) is 0 Å². The fourth-order valence-corrected chi connectivity index (χ4v) is 4.14. The molecule has 2 aromatic rings. The van der Waals surface area contributed by atoms with Crippen LogP contribution < -0.4 is 10.1 Å².